The summed E-state index contributed by atoms with van der Waals surface area (Å²) in [6.45, 7) is 3.02. The van der Waals surface area contributed by atoms with Crippen LogP contribution in [-0.2, 0) is 30.5 Å². The smallest absolute Gasteiger partial charge is 0.368 e. The van der Waals surface area contributed by atoms with Gasteiger partial charge in [-0.25, -0.2) is 0 Å². The van der Waals surface area contributed by atoms with E-state index in [4.69, 9.17) is 5.73 Å². The largest absolute Gasteiger partial charge is 0.416 e. The van der Waals surface area contributed by atoms with Crippen LogP contribution in [0.4, 0.5) is 18.9 Å². The third-order valence-electron chi connectivity index (χ3n) is 5.54. The van der Waals surface area contributed by atoms with Gasteiger partial charge in [0.1, 0.15) is 0 Å². The Bertz CT molecular complexity index is 925. The monoisotopic (exact) mass is 506 g/mol. The Morgan fingerprint density at radius 2 is 1.76 bits per heavy atom. The fourth-order valence-corrected chi connectivity index (χ4v) is 4.05. The molecular weight excluding hydrogens is 476 g/mol. The molecule has 1 aliphatic rings. The average molecular weight is 507 g/mol. The van der Waals surface area contributed by atoms with E-state index in [1.807, 2.05) is 47.0 Å². The van der Waals surface area contributed by atoms with Crippen LogP contribution in [0.3, 0.4) is 0 Å². The fourth-order valence-electron chi connectivity index (χ4n) is 4.05. The first-order chi connectivity index (χ1) is 14.6. The van der Waals surface area contributed by atoms with Crippen LogP contribution in [0.1, 0.15) is 22.3 Å². The minimum Gasteiger partial charge on any atom is -0.368 e. The Kier molecular flexibility index (Phi) is 11.0. The van der Waals surface area contributed by atoms with Crippen LogP contribution in [0.25, 0.3) is 0 Å². The van der Waals surface area contributed by atoms with E-state index < -0.39 is 17.6 Å². The summed E-state index contributed by atoms with van der Waals surface area (Å²) in [6, 6.07) is 11.7. The van der Waals surface area contributed by atoms with Crippen molar-refractivity contribution in [2.75, 3.05) is 45.2 Å². The summed E-state index contributed by atoms with van der Waals surface area (Å²) in [6.07, 6.45) is -3.66. The van der Waals surface area contributed by atoms with E-state index in [0.29, 0.717) is 26.1 Å². The summed E-state index contributed by atoms with van der Waals surface area (Å²) in [7, 11) is 3.94. The minimum absolute atomic E-state index is 0. The number of primary amides is 1. The Morgan fingerprint density at radius 1 is 1.06 bits per heavy atom. The van der Waals surface area contributed by atoms with Crippen molar-refractivity contribution in [1.82, 2.24) is 9.80 Å². The number of rotatable bonds is 8. The van der Waals surface area contributed by atoms with Gasteiger partial charge in [0, 0.05) is 38.4 Å². The molecule has 0 saturated carbocycles. The topological polar surface area (TPSA) is 52.8 Å². The molecule has 0 unspecified atom stereocenters. The first-order valence-electron chi connectivity index (χ1n) is 10.3. The number of benzene rings is 2. The van der Waals surface area contributed by atoms with Crippen LogP contribution in [0, 0.1) is 0 Å². The summed E-state index contributed by atoms with van der Waals surface area (Å²) < 4.78 is 40.1. The molecule has 2 aromatic carbocycles. The number of halogens is 5. The Morgan fingerprint density at radius 3 is 2.39 bits per heavy atom. The van der Waals surface area contributed by atoms with Crippen LogP contribution >= 0.6 is 24.8 Å². The first kappa shape index (κ1) is 29.0. The molecule has 3 rings (SSSR count). The van der Waals surface area contributed by atoms with Gasteiger partial charge in [0.05, 0.1) is 12.1 Å². The molecule has 0 bridgehead atoms. The lowest BCUT2D eigenvalue weighted by Gasteiger charge is -2.34. The van der Waals surface area contributed by atoms with Crippen molar-refractivity contribution in [2.45, 2.75) is 25.7 Å². The van der Waals surface area contributed by atoms with Crippen LogP contribution in [0.5, 0.6) is 0 Å². The fraction of sp³-hybridized carbons (Fsp3) is 0.435. The normalized spacial score (nSPS) is 13.6. The summed E-state index contributed by atoms with van der Waals surface area (Å²) in [5.41, 5.74) is 8.38. The molecule has 0 aliphatic carbocycles. The second kappa shape index (κ2) is 12.5. The van der Waals surface area contributed by atoms with Crippen LogP contribution in [0.15, 0.2) is 42.5 Å². The van der Waals surface area contributed by atoms with Gasteiger partial charge < -0.3 is 15.5 Å². The maximum Gasteiger partial charge on any atom is 0.416 e. The number of fused-ring (bicyclic) bond motifs is 1. The number of likely N-dealkylation sites (N-methyl/N-ethyl adjacent to an activating group) is 1. The number of hydrogen-bond donors (Lipinski definition) is 1. The number of nitrogens with zero attached hydrogens (tertiary/aromatic N) is 3. The number of carbonyl (C=O) groups is 1. The molecule has 0 aromatic heterocycles. The van der Waals surface area contributed by atoms with Crippen LogP contribution in [-0.4, -0.2) is 56.0 Å². The van der Waals surface area contributed by atoms with Crippen LogP contribution in [0.2, 0.25) is 0 Å². The SMILES string of the molecule is CN(C)CCN(CC(N)=O)c1cccc2c1CCN(Cc1ccccc1C(F)(F)F)C2.Cl.Cl. The van der Waals surface area contributed by atoms with E-state index >= 15 is 0 Å². The number of anilines is 1. The van der Waals surface area contributed by atoms with E-state index in [0.717, 1.165) is 29.4 Å². The summed E-state index contributed by atoms with van der Waals surface area (Å²) >= 11 is 0. The molecule has 1 amide bonds. The summed E-state index contributed by atoms with van der Waals surface area (Å²) in [4.78, 5) is 17.7. The second-order valence-electron chi connectivity index (χ2n) is 8.22. The van der Waals surface area contributed by atoms with Gasteiger partial charge in [0.15, 0.2) is 0 Å². The number of carbonyl (C=O) groups excluding carboxylic acids is 1. The molecule has 2 aromatic rings. The third kappa shape index (κ3) is 7.78. The van der Waals surface area contributed by atoms with Crippen molar-refractivity contribution in [3.8, 4) is 0 Å². The molecule has 0 atom stereocenters. The predicted molar refractivity (Wildman–Crippen MR) is 130 cm³/mol. The molecule has 1 aliphatic heterocycles. The van der Waals surface area contributed by atoms with Crippen molar-refractivity contribution in [1.29, 1.82) is 0 Å². The van der Waals surface area contributed by atoms with E-state index in [1.54, 1.807) is 12.1 Å². The number of hydrogen-bond acceptors (Lipinski definition) is 4. The predicted octanol–water partition coefficient (Wildman–Crippen LogP) is 3.96. The van der Waals surface area contributed by atoms with E-state index in [9.17, 15) is 18.0 Å². The van der Waals surface area contributed by atoms with E-state index in [2.05, 4.69) is 0 Å². The van der Waals surface area contributed by atoms with Crippen molar-refractivity contribution < 1.29 is 18.0 Å². The molecule has 0 spiro atoms. The quantitative estimate of drug-likeness (QED) is 0.588. The number of nitrogens with two attached hydrogens (primary N) is 1. The van der Waals surface area contributed by atoms with Gasteiger partial charge in [-0.3, -0.25) is 9.69 Å². The zero-order valence-corrected chi connectivity index (χ0v) is 20.4. The standard InChI is InChI=1S/C23H29F3N4O.2ClH/c1-28(2)12-13-30(16-22(27)31)21-9-5-7-17-14-29(11-10-19(17)21)15-18-6-3-4-8-20(18)23(24,25)26;;/h3-9H,10-16H2,1-2H3,(H2,27,31);2*1H. The highest BCUT2D eigenvalue weighted by Crippen LogP contribution is 2.34. The maximum atomic E-state index is 13.4. The lowest BCUT2D eigenvalue weighted by molar-refractivity contribution is -0.138. The molecule has 33 heavy (non-hydrogen) atoms. The van der Waals surface area contributed by atoms with E-state index in [-0.39, 0.29) is 43.5 Å². The summed E-state index contributed by atoms with van der Waals surface area (Å²) in [5, 5.41) is 0. The van der Waals surface area contributed by atoms with Crippen LogP contribution < -0.4 is 10.6 Å². The average Bonchev–Trinajstić information content (AvgIpc) is 2.70. The van der Waals surface area contributed by atoms with Gasteiger partial charge in [-0.05, 0) is 49.3 Å². The molecular formula is C23H31Cl2F3N4O. The van der Waals surface area contributed by atoms with Gasteiger partial charge in [-0.2, -0.15) is 13.2 Å². The zero-order chi connectivity index (χ0) is 22.6. The Labute approximate surface area is 205 Å². The molecule has 184 valence electrons. The third-order valence-corrected chi connectivity index (χ3v) is 5.54. The molecule has 1 heterocycles. The molecule has 10 heteroatoms. The van der Waals surface area contributed by atoms with Crippen molar-refractivity contribution in [3.05, 3.63) is 64.7 Å². The Balaban J connectivity index is 0.00000272. The second-order valence-corrected chi connectivity index (χ2v) is 8.22. The van der Waals surface area contributed by atoms with Gasteiger partial charge in [0.25, 0.3) is 0 Å². The lowest BCUT2D eigenvalue weighted by Crippen LogP contribution is -2.39. The van der Waals surface area contributed by atoms with Crippen molar-refractivity contribution in [3.63, 3.8) is 0 Å². The highest BCUT2D eigenvalue weighted by atomic mass is 35.5. The van der Waals surface area contributed by atoms with Gasteiger partial charge in [0.2, 0.25) is 5.91 Å². The number of alkyl halides is 3. The zero-order valence-electron chi connectivity index (χ0n) is 18.8. The van der Waals surface area contributed by atoms with Gasteiger partial charge >= 0.3 is 6.18 Å². The highest BCUT2D eigenvalue weighted by molar-refractivity contribution is 5.85. The number of amides is 1. The first-order valence-corrected chi connectivity index (χ1v) is 10.3. The molecule has 0 fully saturated rings. The van der Waals surface area contributed by atoms with Gasteiger partial charge in [-0.1, -0.05) is 30.3 Å². The highest BCUT2D eigenvalue weighted by Gasteiger charge is 2.33. The Hall–Kier alpha value is -2.00. The lowest BCUT2D eigenvalue weighted by atomic mass is 9.96. The summed E-state index contributed by atoms with van der Waals surface area (Å²) in [5.74, 6) is -0.391. The van der Waals surface area contributed by atoms with Crippen molar-refractivity contribution in [2.24, 2.45) is 5.73 Å². The molecule has 0 radical (unpaired) electrons. The molecule has 5 nitrogen and oxygen atoms in total. The minimum atomic E-state index is -4.36. The molecule has 2 N–H and O–H groups in total. The molecule has 0 saturated heterocycles. The van der Waals surface area contributed by atoms with Gasteiger partial charge in [-0.15, -0.1) is 24.8 Å². The van der Waals surface area contributed by atoms with Crippen molar-refractivity contribution >= 4 is 36.4 Å². The van der Waals surface area contributed by atoms with E-state index in [1.165, 1.54) is 6.07 Å². The maximum absolute atomic E-state index is 13.4.